The number of rotatable bonds is 9. The molecule has 0 unspecified atom stereocenters. The number of carboxylic acid groups (broad SMARTS) is 1. The molecule has 2 amide bonds. The van der Waals surface area contributed by atoms with Crippen molar-refractivity contribution in [3.8, 4) is 5.75 Å². The van der Waals surface area contributed by atoms with E-state index in [1.165, 1.54) is 13.3 Å². The highest BCUT2D eigenvalue weighted by Gasteiger charge is 2.40. The number of H-pyrrole nitrogens is 2. The second-order valence-electron chi connectivity index (χ2n) is 9.77. The van der Waals surface area contributed by atoms with Crippen LogP contribution < -0.4 is 10.1 Å². The second-order valence-corrected chi connectivity index (χ2v) is 9.77. The lowest BCUT2D eigenvalue weighted by Crippen LogP contribution is -2.55. The van der Waals surface area contributed by atoms with Crippen molar-refractivity contribution in [3.63, 3.8) is 0 Å². The van der Waals surface area contributed by atoms with E-state index in [0.717, 1.165) is 29.5 Å². The van der Waals surface area contributed by atoms with E-state index in [2.05, 4.69) is 20.5 Å². The van der Waals surface area contributed by atoms with Gasteiger partial charge in [0.25, 0.3) is 11.7 Å². The maximum absolute atomic E-state index is 13.8. The Morgan fingerprint density at radius 2 is 1.90 bits per heavy atom. The summed E-state index contributed by atoms with van der Waals surface area (Å²) in [6, 6.07) is 9.10. The number of ether oxygens (including phenoxy) is 1. The molecule has 2 aromatic heterocycles. The summed E-state index contributed by atoms with van der Waals surface area (Å²) in [6.07, 6.45) is 7.05. The van der Waals surface area contributed by atoms with E-state index in [0.29, 0.717) is 40.7 Å². The number of ketones is 1. The highest BCUT2D eigenvalue weighted by Crippen LogP contribution is 2.31. The van der Waals surface area contributed by atoms with Crippen LogP contribution in [0.1, 0.15) is 42.5 Å². The number of nitrogens with one attached hydrogen (secondary N) is 3. The van der Waals surface area contributed by atoms with E-state index in [1.54, 1.807) is 42.6 Å². The zero-order valence-corrected chi connectivity index (χ0v) is 21.4. The monoisotopic (exact) mass is 531 g/mol. The third-order valence-corrected chi connectivity index (χ3v) is 7.30. The van der Waals surface area contributed by atoms with E-state index in [-0.39, 0.29) is 11.5 Å². The fourth-order valence-corrected chi connectivity index (χ4v) is 5.40. The SMILES string of the molecule is COc1ccc2c(C(=O)C(=O)N(CC(=O)O)[C@@H](C(=O)Nc3ccc4cn[nH]c4c3)C3CCCCC3)c[nH]c2c1. The molecule has 1 fully saturated rings. The molecule has 202 valence electrons. The van der Waals surface area contributed by atoms with E-state index in [9.17, 15) is 24.3 Å². The van der Waals surface area contributed by atoms with E-state index >= 15 is 0 Å². The van der Waals surface area contributed by atoms with E-state index in [4.69, 9.17) is 4.74 Å². The van der Waals surface area contributed by atoms with Gasteiger partial charge in [0.15, 0.2) is 0 Å². The molecule has 4 N–H and O–H groups in total. The molecule has 0 aliphatic heterocycles. The lowest BCUT2D eigenvalue weighted by atomic mass is 9.82. The fourth-order valence-electron chi connectivity index (χ4n) is 5.40. The number of anilines is 1. The first-order valence-corrected chi connectivity index (χ1v) is 12.8. The number of aromatic nitrogens is 3. The molecule has 2 aromatic carbocycles. The number of methoxy groups -OCH3 is 1. The molecule has 1 aliphatic rings. The largest absolute Gasteiger partial charge is 0.497 e. The smallest absolute Gasteiger partial charge is 0.323 e. The number of aromatic amines is 2. The summed E-state index contributed by atoms with van der Waals surface area (Å²) in [4.78, 5) is 56.8. The Morgan fingerprint density at radius 1 is 1.10 bits per heavy atom. The summed E-state index contributed by atoms with van der Waals surface area (Å²) >= 11 is 0. The summed E-state index contributed by atoms with van der Waals surface area (Å²) in [5.74, 6) is -3.49. The number of aliphatic carboxylic acids is 1. The molecule has 11 nitrogen and oxygen atoms in total. The maximum Gasteiger partial charge on any atom is 0.323 e. The number of hydrogen-bond acceptors (Lipinski definition) is 6. The average molecular weight is 532 g/mol. The number of carboxylic acids is 1. The number of benzene rings is 2. The summed E-state index contributed by atoms with van der Waals surface area (Å²) < 4.78 is 5.22. The molecule has 0 bridgehead atoms. The Balaban J connectivity index is 1.48. The van der Waals surface area contributed by atoms with Crippen LogP contribution in [0.15, 0.2) is 48.8 Å². The van der Waals surface area contributed by atoms with Gasteiger partial charge in [-0.25, -0.2) is 0 Å². The van der Waals surface area contributed by atoms with Crippen molar-refractivity contribution in [2.45, 2.75) is 38.1 Å². The number of hydrogen-bond donors (Lipinski definition) is 4. The molecule has 5 rings (SSSR count). The van der Waals surface area contributed by atoms with Crippen molar-refractivity contribution in [3.05, 3.63) is 54.4 Å². The van der Waals surface area contributed by atoms with Crippen molar-refractivity contribution in [1.82, 2.24) is 20.1 Å². The van der Waals surface area contributed by atoms with Crippen LogP contribution in [0, 0.1) is 5.92 Å². The van der Waals surface area contributed by atoms with Crippen LogP contribution in [-0.2, 0) is 14.4 Å². The van der Waals surface area contributed by atoms with Gasteiger partial charge < -0.3 is 25.0 Å². The first kappa shape index (κ1) is 26.0. The number of carbonyl (C=O) groups excluding carboxylic acids is 3. The molecule has 1 atom stereocenters. The highest BCUT2D eigenvalue weighted by molar-refractivity contribution is 6.45. The molecular formula is C28H29N5O6. The van der Waals surface area contributed by atoms with Crippen molar-refractivity contribution >= 4 is 51.1 Å². The molecule has 39 heavy (non-hydrogen) atoms. The highest BCUT2D eigenvalue weighted by atomic mass is 16.5. The number of fused-ring (bicyclic) bond motifs is 2. The minimum absolute atomic E-state index is 0.0977. The summed E-state index contributed by atoms with van der Waals surface area (Å²) in [7, 11) is 1.52. The van der Waals surface area contributed by atoms with E-state index < -0.39 is 36.2 Å². The summed E-state index contributed by atoms with van der Waals surface area (Å²) in [5, 5.41) is 20.8. The lowest BCUT2D eigenvalue weighted by Gasteiger charge is -2.36. The van der Waals surface area contributed by atoms with Crippen LogP contribution in [0.25, 0.3) is 21.8 Å². The summed E-state index contributed by atoms with van der Waals surface area (Å²) in [5.41, 5.74) is 1.87. The molecule has 1 aliphatic carbocycles. The standard InChI is InChI=1S/C28H29N5O6/c1-39-19-9-10-20-21(14-29-23(20)12-19)26(36)28(38)33(15-24(34)35)25(16-5-3-2-4-6-16)27(37)31-18-8-7-17-13-30-32-22(17)11-18/h7-14,16,25,29H,2-6,15H2,1H3,(H,30,32)(H,31,37)(H,34,35)/t25-/m1/s1. The topological polar surface area (TPSA) is 157 Å². The first-order chi connectivity index (χ1) is 18.9. The lowest BCUT2D eigenvalue weighted by molar-refractivity contribution is -0.147. The second kappa shape index (κ2) is 11.0. The minimum atomic E-state index is -1.31. The molecule has 1 saturated carbocycles. The van der Waals surface area contributed by atoms with Gasteiger partial charge in [-0.15, -0.1) is 0 Å². The van der Waals surface area contributed by atoms with Crippen molar-refractivity contribution in [2.24, 2.45) is 5.92 Å². The van der Waals surface area contributed by atoms with Gasteiger partial charge in [0, 0.05) is 34.2 Å². The molecule has 2 heterocycles. The number of Topliss-reactive ketones (excluding diaryl/α,β-unsaturated/α-hetero) is 1. The van der Waals surface area contributed by atoms with Crippen LogP contribution in [-0.4, -0.2) is 68.5 Å². The Kier molecular flexibility index (Phi) is 7.31. The average Bonchev–Trinajstić information content (AvgIpc) is 3.58. The molecular weight excluding hydrogens is 502 g/mol. The van der Waals surface area contributed by atoms with Gasteiger partial charge in [0.1, 0.15) is 18.3 Å². The Hall–Kier alpha value is -4.67. The number of nitrogens with zero attached hydrogens (tertiary/aromatic N) is 2. The predicted molar refractivity (Wildman–Crippen MR) is 144 cm³/mol. The third kappa shape index (κ3) is 5.33. The van der Waals surface area contributed by atoms with Crippen LogP contribution in [0.4, 0.5) is 5.69 Å². The normalized spacial score (nSPS) is 14.7. The van der Waals surface area contributed by atoms with Gasteiger partial charge in [-0.2, -0.15) is 5.10 Å². The van der Waals surface area contributed by atoms with Crippen LogP contribution >= 0.6 is 0 Å². The fraction of sp³-hybridized carbons (Fsp3) is 0.321. The van der Waals surface area contributed by atoms with Gasteiger partial charge in [0.2, 0.25) is 5.91 Å². The Morgan fingerprint density at radius 3 is 2.64 bits per heavy atom. The minimum Gasteiger partial charge on any atom is -0.497 e. The van der Waals surface area contributed by atoms with Crippen molar-refractivity contribution in [2.75, 3.05) is 19.0 Å². The molecule has 0 spiro atoms. The molecule has 4 aromatic rings. The maximum atomic E-state index is 13.8. The van der Waals surface area contributed by atoms with Crippen LogP contribution in [0.5, 0.6) is 5.75 Å². The quantitative estimate of drug-likeness (QED) is 0.189. The predicted octanol–water partition coefficient (Wildman–Crippen LogP) is 3.74. The summed E-state index contributed by atoms with van der Waals surface area (Å²) in [6.45, 7) is -0.783. The Labute approximate surface area is 223 Å². The molecule has 0 radical (unpaired) electrons. The Bertz CT molecular complexity index is 1550. The number of carbonyl (C=O) groups is 4. The van der Waals surface area contributed by atoms with Gasteiger partial charge >= 0.3 is 5.97 Å². The number of amides is 2. The molecule has 11 heteroatoms. The zero-order chi connectivity index (χ0) is 27.5. The van der Waals surface area contributed by atoms with Crippen molar-refractivity contribution < 1.29 is 29.0 Å². The van der Waals surface area contributed by atoms with Crippen molar-refractivity contribution in [1.29, 1.82) is 0 Å². The van der Waals surface area contributed by atoms with Crippen LogP contribution in [0.3, 0.4) is 0 Å². The van der Waals surface area contributed by atoms with Gasteiger partial charge in [-0.1, -0.05) is 19.3 Å². The zero-order valence-electron chi connectivity index (χ0n) is 21.4. The van der Waals surface area contributed by atoms with Gasteiger partial charge in [-0.3, -0.25) is 24.3 Å². The third-order valence-electron chi connectivity index (χ3n) is 7.30. The van der Waals surface area contributed by atoms with Crippen LogP contribution in [0.2, 0.25) is 0 Å². The molecule has 0 saturated heterocycles. The van der Waals surface area contributed by atoms with Gasteiger partial charge in [-0.05, 0) is 49.1 Å². The first-order valence-electron chi connectivity index (χ1n) is 12.8. The van der Waals surface area contributed by atoms with E-state index in [1.807, 2.05) is 0 Å². The van der Waals surface area contributed by atoms with Gasteiger partial charge in [0.05, 0.1) is 24.4 Å².